The smallest absolute Gasteiger partial charge is 0.410 e. The maximum absolute atomic E-state index is 12.9. The van der Waals surface area contributed by atoms with Crippen LogP contribution in [-0.2, 0) is 19.0 Å². The van der Waals surface area contributed by atoms with E-state index in [0.717, 1.165) is 22.3 Å². The van der Waals surface area contributed by atoms with Gasteiger partial charge in [0.15, 0.2) is 6.04 Å². The largest absolute Gasteiger partial charge is 0.480 e. The maximum atomic E-state index is 12.9. The van der Waals surface area contributed by atoms with Gasteiger partial charge in [0.05, 0.1) is 12.4 Å². The van der Waals surface area contributed by atoms with E-state index in [1.54, 1.807) is 18.2 Å². The minimum atomic E-state index is -1.13. The number of carbonyl (C=O) groups excluding carboxylic acids is 1. The lowest BCUT2D eigenvalue weighted by Crippen LogP contribution is -2.47. The number of benzene rings is 2. The van der Waals surface area contributed by atoms with Crippen LogP contribution < -0.4 is 0 Å². The zero-order valence-corrected chi connectivity index (χ0v) is 17.3. The second-order valence-electron chi connectivity index (χ2n) is 7.96. The molecule has 2 heterocycles. The molecule has 1 saturated heterocycles. The van der Waals surface area contributed by atoms with E-state index in [4.69, 9.17) is 14.2 Å². The molecule has 1 amide bonds. The Balaban J connectivity index is 1.28. The Morgan fingerprint density at radius 1 is 1.03 bits per heavy atom. The van der Waals surface area contributed by atoms with E-state index in [1.165, 1.54) is 11.2 Å². The first-order valence-electron chi connectivity index (χ1n) is 10.6. The van der Waals surface area contributed by atoms with Gasteiger partial charge in [-0.2, -0.15) is 0 Å². The number of hydrogen-bond donors (Lipinski definition) is 1. The van der Waals surface area contributed by atoms with E-state index in [1.807, 2.05) is 36.4 Å². The van der Waals surface area contributed by atoms with Crippen LogP contribution in [0.2, 0.25) is 0 Å². The molecule has 0 bridgehead atoms. The van der Waals surface area contributed by atoms with Crippen LogP contribution in [-0.4, -0.2) is 53.7 Å². The number of allylic oxidation sites excluding steroid dienone is 2. The molecule has 1 fully saturated rings. The van der Waals surface area contributed by atoms with E-state index >= 15 is 0 Å². The van der Waals surface area contributed by atoms with Gasteiger partial charge in [0.1, 0.15) is 6.61 Å². The van der Waals surface area contributed by atoms with Crippen molar-refractivity contribution in [3.8, 4) is 11.1 Å². The van der Waals surface area contributed by atoms with Crippen molar-refractivity contribution in [3.05, 3.63) is 84.1 Å². The van der Waals surface area contributed by atoms with Gasteiger partial charge in [-0.15, -0.1) is 0 Å². The molecule has 0 radical (unpaired) electrons. The summed E-state index contributed by atoms with van der Waals surface area (Å²) in [6.07, 6.45) is 5.04. The van der Waals surface area contributed by atoms with Crippen molar-refractivity contribution >= 4 is 12.1 Å². The highest BCUT2D eigenvalue weighted by Gasteiger charge is 2.45. The van der Waals surface area contributed by atoms with Crippen LogP contribution in [0.15, 0.2) is 73.0 Å². The lowest BCUT2D eigenvalue weighted by atomic mass is 9.98. The third-order valence-electron chi connectivity index (χ3n) is 6.15. The highest BCUT2D eigenvalue weighted by Crippen LogP contribution is 2.44. The quantitative estimate of drug-likeness (QED) is 0.770. The van der Waals surface area contributed by atoms with Crippen LogP contribution in [0, 0.1) is 0 Å². The molecule has 2 aliphatic heterocycles. The summed E-state index contributed by atoms with van der Waals surface area (Å²) >= 11 is 0. The molecule has 32 heavy (non-hydrogen) atoms. The first-order chi connectivity index (χ1) is 15.6. The Hall–Kier alpha value is -3.58. The Bertz CT molecular complexity index is 1050. The molecule has 3 atom stereocenters. The Morgan fingerprint density at radius 2 is 1.72 bits per heavy atom. The number of amides is 1. The number of nitrogens with zero attached hydrogens (tertiary/aromatic N) is 1. The summed E-state index contributed by atoms with van der Waals surface area (Å²) in [4.78, 5) is 26.1. The molecule has 0 aromatic heterocycles. The van der Waals surface area contributed by atoms with E-state index in [2.05, 4.69) is 12.1 Å². The van der Waals surface area contributed by atoms with Crippen molar-refractivity contribution in [2.75, 3.05) is 13.2 Å². The first-order valence-corrected chi connectivity index (χ1v) is 10.6. The van der Waals surface area contributed by atoms with Crippen LogP contribution in [0.3, 0.4) is 0 Å². The average molecular weight is 433 g/mol. The molecule has 7 nitrogen and oxygen atoms in total. The molecule has 5 rings (SSSR count). The van der Waals surface area contributed by atoms with Crippen molar-refractivity contribution in [1.29, 1.82) is 0 Å². The molecule has 7 heteroatoms. The Labute approximate surface area is 185 Å². The van der Waals surface area contributed by atoms with Crippen LogP contribution >= 0.6 is 0 Å². The molecule has 164 valence electrons. The Morgan fingerprint density at radius 3 is 2.34 bits per heavy atom. The molecule has 1 aliphatic carbocycles. The van der Waals surface area contributed by atoms with Gasteiger partial charge in [-0.1, -0.05) is 54.6 Å². The molecule has 3 aliphatic rings. The number of likely N-dealkylation sites (tertiary alicyclic amines) is 1. The molecule has 1 N–H and O–H groups in total. The molecule has 2 aromatic carbocycles. The third kappa shape index (κ3) is 3.65. The van der Waals surface area contributed by atoms with Gasteiger partial charge in [-0.3, -0.25) is 4.90 Å². The summed E-state index contributed by atoms with van der Waals surface area (Å²) in [6, 6.07) is 15.0. The second kappa shape index (κ2) is 8.51. The van der Waals surface area contributed by atoms with Crippen molar-refractivity contribution in [3.63, 3.8) is 0 Å². The highest BCUT2D eigenvalue weighted by atomic mass is 16.7. The van der Waals surface area contributed by atoms with E-state index in [-0.39, 0.29) is 19.1 Å². The van der Waals surface area contributed by atoms with Gasteiger partial charge in [0.25, 0.3) is 0 Å². The fraction of sp³-hybridized carbons (Fsp3) is 0.280. The summed E-state index contributed by atoms with van der Waals surface area (Å²) in [5.74, 6) is -1.21. The number of carboxylic acids is 1. The van der Waals surface area contributed by atoms with E-state index in [9.17, 15) is 14.7 Å². The summed E-state index contributed by atoms with van der Waals surface area (Å²) < 4.78 is 16.8. The number of hydrogen-bond acceptors (Lipinski definition) is 5. The number of aliphatic carboxylic acids is 1. The van der Waals surface area contributed by atoms with Crippen molar-refractivity contribution in [2.24, 2.45) is 0 Å². The van der Waals surface area contributed by atoms with Crippen LogP contribution in [0.25, 0.3) is 11.1 Å². The average Bonchev–Trinajstić information content (AvgIpc) is 3.38. The maximum Gasteiger partial charge on any atom is 0.410 e. The van der Waals surface area contributed by atoms with Gasteiger partial charge in [-0.25, -0.2) is 9.59 Å². The lowest BCUT2D eigenvalue weighted by Gasteiger charge is -2.27. The molecule has 0 saturated carbocycles. The molecular weight excluding hydrogens is 410 g/mol. The molecule has 1 unspecified atom stereocenters. The van der Waals surface area contributed by atoms with Gasteiger partial charge in [0, 0.05) is 12.5 Å². The van der Waals surface area contributed by atoms with Crippen LogP contribution in [0.4, 0.5) is 4.79 Å². The topological polar surface area (TPSA) is 85.3 Å². The molecule has 2 aromatic rings. The monoisotopic (exact) mass is 433 g/mol. The summed E-state index contributed by atoms with van der Waals surface area (Å²) in [5.41, 5.74) is 4.48. The van der Waals surface area contributed by atoms with E-state index in [0.29, 0.717) is 6.42 Å². The van der Waals surface area contributed by atoms with Gasteiger partial charge >= 0.3 is 12.1 Å². The predicted molar refractivity (Wildman–Crippen MR) is 116 cm³/mol. The van der Waals surface area contributed by atoms with Crippen molar-refractivity contribution < 1.29 is 28.9 Å². The minimum Gasteiger partial charge on any atom is -0.480 e. The van der Waals surface area contributed by atoms with Gasteiger partial charge in [0.2, 0.25) is 6.29 Å². The normalized spacial score (nSPS) is 23.5. The number of fused-ring (bicyclic) bond motifs is 3. The zero-order valence-electron chi connectivity index (χ0n) is 17.3. The fourth-order valence-corrected chi connectivity index (χ4v) is 4.70. The third-order valence-corrected chi connectivity index (χ3v) is 6.15. The second-order valence-corrected chi connectivity index (χ2v) is 7.96. The summed E-state index contributed by atoms with van der Waals surface area (Å²) in [7, 11) is 0. The summed E-state index contributed by atoms with van der Waals surface area (Å²) in [6.45, 7) is 0.380. The number of carbonyl (C=O) groups is 2. The predicted octanol–water partition coefficient (Wildman–Crippen LogP) is 3.91. The minimum absolute atomic E-state index is 0.0863. The van der Waals surface area contributed by atoms with E-state index < -0.39 is 30.5 Å². The number of carboxylic acid groups (broad SMARTS) is 1. The standard InChI is InChI=1S/C25H23NO6/c27-24(28)23-21(32-22-11-5-6-14-30-22)12-13-26(23)25(29)31-15-20-18-9-3-1-7-16(18)17-8-2-4-10-19(17)20/h1-11,14,20-23H,12-13,15H2,(H,27,28)/t21-,22?,23+/m1/s1. The van der Waals surface area contributed by atoms with Crippen molar-refractivity contribution in [1.82, 2.24) is 4.90 Å². The molecular formula is C25H23NO6. The first kappa shape index (κ1) is 20.3. The fourth-order valence-electron chi connectivity index (χ4n) is 4.70. The van der Waals surface area contributed by atoms with Gasteiger partial charge in [-0.05, 0) is 40.8 Å². The van der Waals surface area contributed by atoms with Crippen molar-refractivity contribution in [2.45, 2.75) is 30.8 Å². The number of ether oxygens (including phenoxy) is 3. The number of rotatable bonds is 5. The zero-order chi connectivity index (χ0) is 22.1. The lowest BCUT2D eigenvalue weighted by molar-refractivity contribution is -0.155. The van der Waals surface area contributed by atoms with Gasteiger partial charge < -0.3 is 19.3 Å². The summed E-state index contributed by atoms with van der Waals surface area (Å²) in [5, 5.41) is 9.77. The molecule has 0 spiro atoms. The SMILES string of the molecule is O=C(O)[C@@H]1[C@H](OC2C=CC=CO2)CCN1C(=O)OCC1c2ccccc2-c2ccccc21. The highest BCUT2D eigenvalue weighted by molar-refractivity contribution is 5.82. The van der Waals surface area contributed by atoms with Crippen LogP contribution in [0.1, 0.15) is 23.5 Å². The Kier molecular flexibility index (Phi) is 5.41. The van der Waals surface area contributed by atoms with Crippen LogP contribution in [0.5, 0.6) is 0 Å².